The number of anilines is 4. The van der Waals surface area contributed by atoms with E-state index in [1.807, 2.05) is 6.20 Å². The summed E-state index contributed by atoms with van der Waals surface area (Å²) in [5, 5.41) is 3.43. The van der Waals surface area contributed by atoms with Crippen LogP contribution in [-0.4, -0.2) is 60.7 Å². The molecular weight excluding hydrogens is 372 g/mol. The molecular formula is C24H34N6. The van der Waals surface area contributed by atoms with Crippen LogP contribution in [0.1, 0.15) is 50.5 Å². The molecule has 1 N–H and O–H groups in total. The molecule has 1 atom stereocenters. The molecule has 1 saturated carbocycles. The number of piperazine rings is 1. The fourth-order valence-electron chi connectivity index (χ4n) is 5.16. The number of fused-ring (bicyclic) bond motifs is 1. The lowest BCUT2D eigenvalue weighted by molar-refractivity contribution is 0.313. The molecule has 2 aromatic rings. The van der Waals surface area contributed by atoms with Crippen LogP contribution in [0.4, 0.5) is 23.1 Å². The fourth-order valence-corrected chi connectivity index (χ4v) is 5.16. The van der Waals surface area contributed by atoms with Gasteiger partial charge in [0.1, 0.15) is 5.82 Å². The summed E-state index contributed by atoms with van der Waals surface area (Å²) in [6.45, 7) is 7.81. The molecule has 0 spiro atoms. The maximum atomic E-state index is 4.96. The van der Waals surface area contributed by atoms with Crippen molar-refractivity contribution in [3.8, 4) is 0 Å². The highest BCUT2D eigenvalue weighted by Crippen LogP contribution is 2.39. The normalized spacial score (nSPS) is 22.9. The molecule has 6 heteroatoms. The number of rotatable bonds is 4. The Hall–Kier alpha value is -2.34. The van der Waals surface area contributed by atoms with Crippen molar-refractivity contribution in [3.05, 3.63) is 36.0 Å². The summed E-state index contributed by atoms with van der Waals surface area (Å²) in [5.74, 6) is 2.37. The van der Waals surface area contributed by atoms with Gasteiger partial charge in [-0.15, -0.1) is 0 Å². The molecule has 3 heterocycles. The van der Waals surface area contributed by atoms with Crippen molar-refractivity contribution >= 4 is 23.1 Å². The second-order valence-corrected chi connectivity index (χ2v) is 9.28. The number of nitrogens with one attached hydrogen (secondary N) is 1. The predicted octanol–water partition coefficient (Wildman–Crippen LogP) is 4.23. The minimum atomic E-state index is 0.513. The first-order valence-electron chi connectivity index (χ1n) is 11.6. The van der Waals surface area contributed by atoms with E-state index in [0.29, 0.717) is 17.9 Å². The Morgan fingerprint density at radius 3 is 2.43 bits per heavy atom. The largest absolute Gasteiger partial charge is 0.369 e. The molecule has 160 valence electrons. The minimum Gasteiger partial charge on any atom is -0.369 e. The van der Waals surface area contributed by atoms with Crippen LogP contribution in [0.5, 0.6) is 0 Å². The molecule has 1 saturated heterocycles. The molecule has 0 amide bonds. The van der Waals surface area contributed by atoms with E-state index in [0.717, 1.165) is 44.2 Å². The molecule has 2 fully saturated rings. The van der Waals surface area contributed by atoms with Crippen molar-refractivity contribution in [2.24, 2.45) is 0 Å². The van der Waals surface area contributed by atoms with Crippen LogP contribution in [0.3, 0.4) is 0 Å². The van der Waals surface area contributed by atoms with E-state index in [-0.39, 0.29) is 0 Å². The van der Waals surface area contributed by atoms with Crippen LogP contribution in [-0.2, 0) is 0 Å². The van der Waals surface area contributed by atoms with Crippen molar-refractivity contribution in [1.82, 2.24) is 14.9 Å². The summed E-state index contributed by atoms with van der Waals surface area (Å²) >= 11 is 0. The zero-order valence-corrected chi connectivity index (χ0v) is 18.3. The van der Waals surface area contributed by atoms with Crippen LogP contribution >= 0.6 is 0 Å². The predicted molar refractivity (Wildman–Crippen MR) is 124 cm³/mol. The summed E-state index contributed by atoms with van der Waals surface area (Å²) in [7, 11) is 2.19. The lowest BCUT2D eigenvalue weighted by Crippen LogP contribution is -2.44. The Labute approximate surface area is 180 Å². The standard InChI is InChI=1S/C24H34N6/c1-18-17-30(21-6-4-3-5-7-21)23-22(18)16-25-24(27-23)26-19-8-10-20(11-9-19)29-14-12-28(2)13-15-29/h8-11,16,18,21H,3-7,12-15,17H2,1-2H3,(H,25,26,27). The van der Waals surface area contributed by atoms with Crippen molar-refractivity contribution in [3.63, 3.8) is 0 Å². The highest BCUT2D eigenvalue weighted by Gasteiger charge is 2.33. The van der Waals surface area contributed by atoms with Gasteiger partial charge in [-0.1, -0.05) is 26.2 Å². The Morgan fingerprint density at radius 2 is 1.70 bits per heavy atom. The summed E-state index contributed by atoms with van der Waals surface area (Å²) in [5.41, 5.74) is 3.64. The van der Waals surface area contributed by atoms with E-state index in [1.54, 1.807) is 0 Å². The lowest BCUT2D eigenvalue weighted by atomic mass is 9.94. The van der Waals surface area contributed by atoms with Gasteiger partial charge in [0.25, 0.3) is 0 Å². The van der Waals surface area contributed by atoms with E-state index < -0.39 is 0 Å². The molecule has 1 aromatic heterocycles. The van der Waals surface area contributed by atoms with E-state index >= 15 is 0 Å². The Balaban J connectivity index is 1.30. The summed E-state index contributed by atoms with van der Waals surface area (Å²) in [6, 6.07) is 9.35. The smallest absolute Gasteiger partial charge is 0.229 e. The van der Waals surface area contributed by atoms with Crippen LogP contribution in [0, 0.1) is 0 Å². The van der Waals surface area contributed by atoms with E-state index in [4.69, 9.17) is 4.98 Å². The second kappa shape index (κ2) is 8.42. The van der Waals surface area contributed by atoms with Crippen LogP contribution in [0.25, 0.3) is 0 Å². The Morgan fingerprint density at radius 1 is 0.967 bits per heavy atom. The highest BCUT2D eigenvalue weighted by atomic mass is 15.3. The van der Waals surface area contributed by atoms with Gasteiger partial charge in [-0.25, -0.2) is 4.98 Å². The first-order chi connectivity index (χ1) is 14.7. The van der Waals surface area contributed by atoms with Gasteiger partial charge in [-0.05, 0) is 44.2 Å². The molecule has 1 unspecified atom stereocenters. The van der Waals surface area contributed by atoms with Crippen LogP contribution < -0.4 is 15.1 Å². The topological polar surface area (TPSA) is 47.5 Å². The minimum absolute atomic E-state index is 0.513. The monoisotopic (exact) mass is 406 g/mol. The van der Waals surface area contributed by atoms with Crippen molar-refractivity contribution in [1.29, 1.82) is 0 Å². The zero-order valence-electron chi connectivity index (χ0n) is 18.3. The van der Waals surface area contributed by atoms with E-state index in [2.05, 4.69) is 63.2 Å². The van der Waals surface area contributed by atoms with E-state index in [9.17, 15) is 0 Å². The number of hydrogen-bond acceptors (Lipinski definition) is 6. The zero-order chi connectivity index (χ0) is 20.5. The second-order valence-electron chi connectivity index (χ2n) is 9.28. The summed E-state index contributed by atoms with van der Waals surface area (Å²) in [6.07, 6.45) is 8.71. The van der Waals surface area contributed by atoms with Gasteiger partial charge >= 0.3 is 0 Å². The van der Waals surface area contributed by atoms with Gasteiger partial charge in [-0.2, -0.15) is 4.98 Å². The molecule has 0 radical (unpaired) electrons. The summed E-state index contributed by atoms with van der Waals surface area (Å²) in [4.78, 5) is 17.0. The number of hydrogen-bond donors (Lipinski definition) is 1. The third-order valence-corrected chi connectivity index (χ3v) is 7.08. The maximum Gasteiger partial charge on any atom is 0.229 e. The van der Waals surface area contributed by atoms with Crippen LogP contribution in [0.15, 0.2) is 30.5 Å². The van der Waals surface area contributed by atoms with Gasteiger partial charge in [-0.3, -0.25) is 0 Å². The SMILES string of the molecule is CC1CN(C2CCCCC2)c2nc(Nc3ccc(N4CCN(C)CC4)cc3)ncc21. The Bertz CT molecular complexity index is 852. The van der Waals surface area contributed by atoms with Gasteiger partial charge in [0.05, 0.1) is 0 Å². The molecule has 5 rings (SSSR count). The third kappa shape index (κ3) is 3.97. The molecule has 2 aliphatic heterocycles. The average Bonchev–Trinajstić information content (AvgIpc) is 3.11. The van der Waals surface area contributed by atoms with Gasteiger partial charge in [0.2, 0.25) is 5.95 Å². The van der Waals surface area contributed by atoms with Crippen molar-refractivity contribution < 1.29 is 0 Å². The average molecular weight is 407 g/mol. The lowest BCUT2D eigenvalue weighted by Gasteiger charge is -2.34. The number of aromatic nitrogens is 2. The molecule has 6 nitrogen and oxygen atoms in total. The van der Waals surface area contributed by atoms with E-state index in [1.165, 1.54) is 43.4 Å². The number of benzene rings is 1. The molecule has 1 aliphatic carbocycles. The van der Waals surface area contributed by atoms with Gasteiger partial charge in [0, 0.05) is 67.8 Å². The number of nitrogens with zero attached hydrogens (tertiary/aromatic N) is 5. The number of likely N-dealkylation sites (N-methyl/N-ethyl adjacent to an activating group) is 1. The summed E-state index contributed by atoms with van der Waals surface area (Å²) < 4.78 is 0. The molecule has 0 bridgehead atoms. The third-order valence-electron chi connectivity index (χ3n) is 7.08. The van der Waals surface area contributed by atoms with Crippen LogP contribution in [0.2, 0.25) is 0 Å². The highest BCUT2D eigenvalue weighted by molar-refractivity contribution is 5.62. The van der Waals surface area contributed by atoms with Crippen molar-refractivity contribution in [2.45, 2.75) is 51.0 Å². The van der Waals surface area contributed by atoms with Gasteiger partial charge in [0.15, 0.2) is 0 Å². The Kier molecular flexibility index (Phi) is 5.50. The fraction of sp³-hybridized carbons (Fsp3) is 0.583. The quantitative estimate of drug-likeness (QED) is 0.820. The van der Waals surface area contributed by atoms with Crippen molar-refractivity contribution in [2.75, 3.05) is 54.9 Å². The molecule has 1 aromatic carbocycles. The molecule has 30 heavy (non-hydrogen) atoms. The van der Waals surface area contributed by atoms with Gasteiger partial charge < -0.3 is 20.0 Å². The molecule has 3 aliphatic rings. The first-order valence-corrected chi connectivity index (χ1v) is 11.6. The maximum absolute atomic E-state index is 4.96. The first kappa shape index (κ1) is 19.6.